The second kappa shape index (κ2) is 7.87. The number of nitrogens with zero attached hydrogens (tertiary/aromatic N) is 2. The summed E-state index contributed by atoms with van der Waals surface area (Å²) in [6.07, 6.45) is 3.77. The van der Waals surface area contributed by atoms with Crippen LogP contribution in [0.4, 0.5) is 5.82 Å². The van der Waals surface area contributed by atoms with Gasteiger partial charge in [-0.3, -0.25) is 4.79 Å². The molecule has 1 fully saturated rings. The van der Waals surface area contributed by atoms with Crippen LogP contribution in [0.15, 0.2) is 42.6 Å². The Balaban J connectivity index is 1.46. The van der Waals surface area contributed by atoms with Gasteiger partial charge in [0, 0.05) is 45.8 Å². The Morgan fingerprint density at radius 3 is 3.07 bits per heavy atom. The molecule has 140 valence electrons. The van der Waals surface area contributed by atoms with Crippen molar-refractivity contribution in [2.75, 3.05) is 18.0 Å². The van der Waals surface area contributed by atoms with Crippen molar-refractivity contribution in [3.8, 4) is 0 Å². The van der Waals surface area contributed by atoms with E-state index in [-0.39, 0.29) is 11.8 Å². The first-order valence-electron chi connectivity index (χ1n) is 9.23. The molecular formula is C21H22ClN3OS. The van der Waals surface area contributed by atoms with Crippen LogP contribution in [0.2, 0.25) is 5.02 Å². The SMILES string of the molecule is Cc1cc2c(N3CCC[C@H](C(=O)NCc4ccccc4Cl)C3)nccc2s1. The van der Waals surface area contributed by atoms with E-state index in [0.717, 1.165) is 30.8 Å². The highest BCUT2D eigenvalue weighted by Gasteiger charge is 2.27. The topological polar surface area (TPSA) is 45.2 Å². The Hall–Kier alpha value is -2.11. The molecule has 1 atom stereocenters. The van der Waals surface area contributed by atoms with Gasteiger partial charge in [0.1, 0.15) is 5.82 Å². The monoisotopic (exact) mass is 399 g/mol. The van der Waals surface area contributed by atoms with Crippen molar-refractivity contribution in [3.63, 3.8) is 0 Å². The lowest BCUT2D eigenvalue weighted by molar-refractivity contribution is -0.125. The average Bonchev–Trinajstić information content (AvgIpc) is 3.07. The number of pyridine rings is 1. The summed E-state index contributed by atoms with van der Waals surface area (Å²) in [4.78, 5) is 20.9. The van der Waals surface area contributed by atoms with Crippen LogP contribution in [-0.2, 0) is 11.3 Å². The molecule has 0 spiro atoms. The highest BCUT2D eigenvalue weighted by atomic mass is 35.5. The fraction of sp³-hybridized carbons (Fsp3) is 0.333. The third-order valence-electron chi connectivity index (χ3n) is 5.05. The van der Waals surface area contributed by atoms with Crippen molar-refractivity contribution < 1.29 is 4.79 Å². The molecule has 0 aliphatic carbocycles. The minimum atomic E-state index is -0.0296. The Bertz CT molecular complexity index is 971. The van der Waals surface area contributed by atoms with Gasteiger partial charge < -0.3 is 10.2 Å². The van der Waals surface area contributed by atoms with Crippen molar-refractivity contribution in [2.45, 2.75) is 26.3 Å². The number of fused-ring (bicyclic) bond motifs is 1. The molecule has 1 aromatic carbocycles. The van der Waals surface area contributed by atoms with E-state index in [1.54, 1.807) is 11.3 Å². The molecule has 6 heteroatoms. The van der Waals surface area contributed by atoms with Gasteiger partial charge in [0.15, 0.2) is 0 Å². The summed E-state index contributed by atoms with van der Waals surface area (Å²) in [5, 5.41) is 4.93. The van der Waals surface area contributed by atoms with Crippen molar-refractivity contribution >= 4 is 44.7 Å². The maximum absolute atomic E-state index is 12.7. The second-order valence-electron chi connectivity index (χ2n) is 7.00. The van der Waals surface area contributed by atoms with Crippen LogP contribution in [0.25, 0.3) is 10.1 Å². The molecule has 1 amide bonds. The van der Waals surface area contributed by atoms with E-state index in [4.69, 9.17) is 11.6 Å². The number of carbonyl (C=O) groups excluding carboxylic acids is 1. The Morgan fingerprint density at radius 1 is 1.37 bits per heavy atom. The number of hydrogen-bond acceptors (Lipinski definition) is 4. The third-order valence-corrected chi connectivity index (χ3v) is 6.43. The molecule has 1 aliphatic heterocycles. The van der Waals surface area contributed by atoms with Crippen LogP contribution < -0.4 is 10.2 Å². The van der Waals surface area contributed by atoms with E-state index in [1.165, 1.54) is 15.0 Å². The molecular weight excluding hydrogens is 378 g/mol. The number of thiophene rings is 1. The summed E-state index contributed by atoms with van der Waals surface area (Å²) < 4.78 is 1.25. The number of halogens is 1. The van der Waals surface area contributed by atoms with E-state index in [0.29, 0.717) is 18.1 Å². The van der Waals surface area contributed by atoms with Gasteiger partial charge in [0.2, 0.25) is 5.91 Å². The second-order valence-corrected chi connectivity index (χ2v) is 8.69. The number of anilines is 1. The van der Waals surface area contributed by atoms with Crippen molar-refractivity contribution in [3.05, 3.63) is 58.1 Å². The smallest absolute Gasteiger partial charge is 0.225 e. The maximum Gasteiger partial charge on any atom is 0.225 e. The van der Waals surface area contributed by atoms with Crippen LogP contribution in [0.3, 0.4) is 0 Å². The van der Waals surface area contributed by atoms with Crippen LogP contribution in [0.5, 0.6) is 0 Å². The third kappa shape index (κ3) is 3.94. The molecule has 2 aromatic heterocycles. The van der Waals surface area contributed by atoms with E-state index >= 15 is 0 Å². The molecule has 27 heavy (non-hydrogen) atoms. The maximum atomic E-state index is 12.7. The predicted molar refractivity (Wildman–Crippen MR) is 113 cm³/mol. The van der Waals surface area contributed by atoms with Gasteiger partial charge >= 0.3 is 0 Å². The molecule has 4 rings (SSSR count). The normalized spacial score (nSPS) is 17.3. The molecule has 1 saturated heterocycles. The van der Waals surface area contributed by atoms with Crippen molar-refractivity contribution in [2.24, 2.45) is 5.92 Å². The zero-order chi connectivity index (χ0) is 18.8. The Morgan fingerprint density at radius 2 is 2.22 bits per heavy atom. The summed E-state index contributed by atoms with van der Waals surface area (Å²) in [5.74, 6) is 1.06. The summed E-state index contributed by atoms with van der Waals surface area (Å²) in [6, 6.07) is 11.9. The molecule has 0 saturated carbocycles. The van der Waals surface area contributed by atoms with E-state index in [2.05, 4.69) is 34.3 Å². The lowest BCUT2D eigenvalue weighted by atomic mass is 9.96. The first-order valence-corrected chi connectivity index (χ1v) is 10.4. The quantitative estimate of drug-likeness (QED) is 0.685. The summed E-state index contributed by atoms with van der Waals surface area (Å²) in [7, 11) is 0. The Kier molecular flexibility index (Phi) is 5.32. The lowest BCUT2D eigenvalue weighted by Crippen LogP contribution is -2.43. The number of carbonyl (C=O) groups is 1. The minimum absolute atomic E-state index is 0.0296. The van der Waals surface area contributed by atoms with E-state index in [9.17, 15) is 4.79 Å². The van der Waals surface area contributed by atoms with Crippen LogP contribution >= 0.6 is 22.9 Å². The van der Waals surface area contributed by atoms with Gasteiger partial charge in [-0.05, 0) is 43.5 Å². The van der Waals surface area contributed by atoms with Crippen LogP contribution in [0.1, 0.15) is 23.3 Å². The summed E-state index contributed by atoms with van der Waals surface area (Å²) >= 11 is 7.97. The highest BCUT2D eigenvalue weighted by Crippen LogP contribution is 2.33. The number of aryl methyl sites for hydroxylation is 1. The first kappa shape index (κ1) is 18.3. The number of hydrogen-bond donors (Lipinski definition) is 1. The largest absolute Gasteiger partial charge is 0.355 e. The molecule has 3 heterocycles. The molecule has 3 aromatic rings. The van der Waals surface area contributed by atoms with Gasteiger partial charge in [0.05, 0.1) is 5.92 Å². The van der Waals surface area contributed by atoms with Crippen molar-refractivity contribution in [1.29, 1.82) is 0 Å². The summed E-state index contributed by atoms with van der Waals surface area (Å²) in [5.41, 5.74) is 0.945. The van der Waals surface area contributed by atoms with Gasteiger partial charge in [-0.1, -0.05) is 29.8 Å². The minimum Gasteiger partial charge on any atom is -0.355 e. The molecule has 0 unspecified atom stereocenters. The van der Waals surface area contributed by atoms with Gasteiger partial charge in [-0.2, -0.15) is 0 Å². The fourth-order valence-electron chi connectivity index (χ4n) is 3.68. The van der Waals surface area contributed by atoms with Crippen LogP contribution in [0, 0.1) is 12.8 Å². The molecule has 0 radical (unpaired) electrons. The number of aromatic nitrogens is 1. The molecule has 4 nitrogen and oxygen atoms in total. The number of rotatable bonds is 4. The zero-order valence-corrected chi connectivity index (χ0v) is 16.8. The van der Waals surface area contributed by atoms with Gasteiger partial charge in [-0.15, -0.1) is 11.3 Å². The zero-order valence-electron chi connectivity index (χ0n) is 15.2. The average molecular weight is 400 g/mol. The number of nitrogens with one attached hydrogen (secondary N) is 1. The standard InChI is InChI=1S/C21H22ClN3OS/c1-14-11-17-19(27-14)8-9-23-20(17)25-10-4-6-16(13-25)21(26)24-12-15-5-2-3-7-18(15)22/h2-3,5,7-9,11,16H,4,6,10,12-13H2,1H3,(H,24,26)/t16-/m0/s1. The highest BCUT2D eigenvalue weighted by molar-refractivity contribution is 7.19. The first-order chi connectivity index (χ1) is 13.1. The van der Waals surface area contributed by atoms with Crippen LogP contribution in [-0.4, -0.2) is 24.0 Å². The number of benzene rings is 1. The van der Waals surface area contributed by atoms with Gasteiger partial charge in [-0.25, -0.2) is 4.98 Å². The van der Waals surface area contributed by atoms with Gasteiger partial charge in [0.25, 0.3) is 0 Å². The number of amides is 1. The summed E-state index contributed by atoms with van der Waals surface area (Å²) in [6.45, 7) is 4.23. The molecule has 1 aliphatic rings. The van der Waals surface area contributed by atoms with Crippen molar-refractivity contribution in [1.82, 2.24) is 10.3 Å². The predicted octanol–water partition coefficient (Wildman–Crippen LogP) is 4.79. The Labute approximate surface area is 168 Å². The van der Waals surface area contributed by atoms with E-state index < -0.39 is 0 Å². The molecule has 1 N–H and O–H groups in total. The molecule has 0 bridgehead atoms. The lowest BCUT2D eigenvalue weighted by Gasteiger charge is -2.33. The number of piperidine rings is 1. The van der Waals surface area contributed by atoms with E-state index in [1.807, 2.05) is 30.5 Å². The fourth-order valence-corrected chi connectivity index (χ4v) is 4.80.